The topological polar surface area (TPSA) is 48.5 Å². The third-order valence-electron chi connectivity index (χ3n) is 13.2. The van der Waals surface area contributed by atoms with Gasteiger partial charge in [-0.2, -0.15) is 9.97 Å². The lowest BCUT2D eigenvalue weighted by Gasteiger charge is -2.17. The number of hydrogen-bond donors (Lipinski definition) is 0. The lowest BCUT2D eigenvalue weighted by molar-refractivity contribution is 0.953. The zero-order valence-corrected chi connectivity index (χ0v) is 36.9. The molecule has 0 aliphatic carbocycles. The summed E-state index contributed by atoms with van der Waals surface area (Å²) in [6.07, 6.45) is 0. The van der Waals surface area contributed by atoms with Gasteiger partial charge in [-0.05, 0) is 74.8 Å². The average molecular weight is 868 g/mol. The molecule has 0 amide bonds. The molecule has 0 saturated carbocycles. The van der Waals surface area contributed by atoms with Crippen LogP contribution in [0.4, 0.5) is 0 Å². The SMILES string of the molecule is c1ccc(-c2ccc(-c3nc(-c4ccccc4)nc(-n4c5ccccc5c5ccc6c7ccccc7n(-c7cc(-c8ccccc8)cc(-c8ccccc8-c8ccccc8)c7)c6c54)n3)cc2)cc1. The van der Waals surface area contributed by atoms with Gasteiger partial charge in [0.15, 0.2) is 11.6 Å². The summed E-state index contributed by atoms with van der Waals surface area (Å²) in [5, 5.41) is 4.54. The highest BCUT2D eigenvalue weighted by Gasteiger charge is 2.24. The van der Waals surface area contributed by atoms with E-state index in [4.69, 9.17) is 15.0 Å². The van der Waals surface area contributed by atoms with Gasteiger partial charge in [0.05, 0.1) is 22.1 Å². The third-order valence-corrected chi connectivity index (χ3v) is 13.2. The Kier molecular flexibility index (Phi) is 9.43. The van der Waals surface area contributed by atoms with Crippen LogP contribution in [0.1, 0.15) is 0 Å². The lowest BCUT2D eigenvalue weighted by Crippen LogP contribution is -2.07. The molecule has 13 rings (SSSR count). The molecular formula is C63H41N5. The monoisotopic (exact) mass is 867 g/mol. The number of hydrogen-bond acceptors (Lipinski definition) is 3. The van der Waals surface area contributed by atoms with Crippen LogP contribution in [0.3, 0.4) is 0 Å². The first-order valence-electron chi connectivity index (χ1n) is 23.0. The van der Waals surface area contributed by atoms with Gasteiger partial charge in [0.2, 0.25) is 5.95 Å². The number of nitrogens with zero attached hydrogens (tertiary/aromatic N) is 5. The standard InChI is InChI=1S/C63H41N5/c1-5-19-42(20-6-1)44-33-35-47(36-34-44)62-64-61(46-25-11-4-12-26-46)65-63(66-62)68-58-32-18-16-30-54(58)56-38-37-55-53-29-15-17-31-57(53)67(59(55)60(56)68)50-40-48(43-21-7-2-8-22-43)39-49(41-50)52-28-14-13-27-51(52)45-23-9-3-10-24-45/h1-41H. The molecule has 68 heavy (non-hydrogen) atoms. The summed E-state index contributed by atoms with van der Waals surface area (Å²) in [4.78, 5) is 16.0. The van der Waals surface area contributed by atoms with Crippen molar-refractivity contribution in [2.45, 2.75) is 0 Å². The number of aromatic nitrogens is 5. The molecule has 3 aromatic heterocycles. The molecule has 0 atom stereocenters. The summed E-state index contributed by atoms with van der Waals surface area (Å²) in [6, 6.07) is 88.3. The predicted octanol–water partition coefficient (Wildman–Crippen LogP) is 16.1. The van der Waals surface area contributed by atoms with Gasteiger partial charge in [-0.25, -0.2) is 4.98 Å². The highest BCUT2D eigenvalue weighted by Crippen LogP contribution is 2.44. The normalized spacial score (nSPS) is 11.5. The fourth-order valence-electron chi connectivity index (χ4n) is 10.0. The molecule has 0 spiro atoms. The maximum atomic E-state index is 5.41. The second-order valence-electron chi connectivity index (χ2n) is 17.2. The van der Waals surface area contributed by atoms with Gasteiger partial charge in [0, 0.05) is 38.4 Å². The summed E-state index contributed by atoms with van der Waals surface area (Å²) < 4.78 is 4.73. The molecule has 5 heteroatoms. The maximum absolute atomic E-state index is 5.41. The molecule has 5 nitrogen and oxygen atoms in total. The maximum Gasteiger partial charge on any atom is 0.238 e. The molecule has 0 N–H and O–H groups in total. The van der Waals surface area contributed by atoms with Crippen LogP contribution in [0, 0.1) is 0 Å². The zero-order valence-electron chi connectivity index (χ0n) is 36.9. The minimum Gasteiger partial charge on any atom is -0.307 e. The molecule has 0 radical (unpaired) electrons. The summed E-state index contributed by atoms with van der Waals surface area (Å²) >= 11 is 0. The van der Waals surface area contributed by atoms with Crippen LogP contribution in [-0.4, -0.2) is 24.1 Å². The van der Waals surface area contributed by atoms with Crippen LogP contribution >= 0.6 is 0 Å². The quantitative estimate of drug-likeness (QED) is 0.153. The Morgan fingerprint density at radius 3 is 1.24 bits per heavy atom. The van der Waals surface area contributed by atoms with Crippen molar-refractivity contribution < 1.29 is 0 Å². The molecule has 0 aliphatic heterocycles. The van der Waals surface area contributed by atoms with E-state index >= 15 is 0 Å². The summed E-state index contributed by atoms with van der Waals surface area (Å²) in [5.41, 5.74) is 16.3. The van der Waals surface area contributed by atoms with E-state index in [0.29, 0.717) is 17.6 Å². The first kappa shape index (κ1) is 39.2. The molecule has 10 aromatic carbocycles. The van der Waals surface area contributed by atoms with Gasteiger partial charge < -0.3 is 4.57 Å². The Bertz CT molecular complexity index is 3990. The smallest absolute Gasteiger partial charge is 0.238 e. The fourth-order valence-corrected chi connectivity index (χ4v) is 10.0. The van der Waals surface area contributed by atoms with Crippen molar-refractivity contribution >= 4 is 43.6 Å². The Morgan fingerprint density at radius 1 is 0.250 bits per heavy atom. The molecule has 0 bridgehead atoms. The van der Waals surface area contributed by atoms with Crippen LogP contribution in [0.25, 0.3) is 123 Å². The minimum atomic E-state index is 0.548. The average Bonchev–Trinajstić information content (AvgIpc) is 3.95. The third kappa shape index (κ3) is 6.68. The fraction of sp³-hybridized carbons (Fsp3) is 0. The second-order valence-corrected chi connectivity index (χ2v) is 17.2. The van der Waals surface area contributed by atoms with Gasteiger partial charge in [-0.15, -0.1) is 0 Å². The van der Waals surface area contributed by atoms with Crippen molar-refractivity contribution in [3.05, 3.63) is 249 Å². The van der Waals surface area contributed by atoms with E-state index in [2.05, 4.69) is 234 Å². The van der Waals surface area contributed by atoms with Gasteiger partial charge in [-0.3, -0.25) is 4.57 Å². The van der Waals surface area contributed by atoms with Crippen molar-refractivity contribution in [1.82, 2.24) is 24.1 Å². The predicted molar refractivity (Wildman–Crippen MR) is 281 cm³/mol. The van der Waals surface area contributed by atoms with E-state index in [1.54, 1.807) is 0 Å². The largest absolute Gasteiger partial charge is 0.307 e. The molecule has 3 heterocycles. The highest BCUT2D eigenvalue weighted by molar-refractivity contribution is 6.23. The van der Waals surface area contributed by atoms with E-state index in [1.807, 2.05) is 24.3 Å². The molecule has 0 fully saturated rings. The molecular weight excluding hydrogens is 827 g/mol. The Labute approximate surface area is 393 Å². The van der Waals surface area contributed by atoms with Gasteiger partial charge in [0.1, 0.15) is 0 Å². The Balaban J connectivity index is 1.12. The van der Waals surface area contributed by atoms with E-state index in [1.165, 1.54) is 16.7 Å². The van der Waals surface area contributed by atoms with Crippen LogP contribution in [0.5, 0.6) is 0 Å². The first-order valence-corrected chi connectivity index (χ1v) is 23.0. The minimum absolute atomic E-state index is 0.548. The number of para-hydroxylation sites is 2. The van der Waals surface area contributed by atoms with Crippen molar-refractivity contribution in [2.75, 3.05) is 0 Å². The molecule has 0 aliphatic rings. The van der Waals surface area contributed by atoms with E-state index in [0.717, 1.165) is 88.2 Å². The summed E-state index contributed by atoms with van der Waals surface area (Å²) in [7, 11) is 0. The van der Waals surface area contributed by atoms with Crippen LogP contribution in [0.15, 0.2) is 249 Å². The Morgan fingerprint density at radius 2 is 0.647 bits per heavy atom. The van der Waals surface area contributed by atoms with Gasteiger partial charge >= 0.3 is 0 Å². The van der Waals surface area contributed by atoms with Crippen LogP contribution < -0.4 is 0 Å². The van der Waals surface area contributed by atoms with Crippen LogP contribution in [-0.2, 0) is 0 Å². The van der Waals surface area contributed by atoms with Gasteiger partial charge in [0.25, 0.3) is 0 Å². The number of fused-ring (bicyclic) bond motifs is 7. The first-order chi connectivity index (χ1) is 33.7. The van der Waals surface area contributed by atoms with Crippen molar-refractivity contribution in [3.63, 3.8) is 0 Å². The van der Waals surface area contributed by atoms with E-state index < -0.39 is 0 Å². The van der Waals surface area contributed by atoms with E-state index in [-0.39, 0.29) is 0 Å². The molecule has 0 saturated heterocycles. The molecule has 318 valence electrons. The molecule has 0 unspecified atom stereocenters. The van der Waals surface area contributed by atoms with Crippen molar-refractivity contribution in [2.24, 2.45) is 0 Å². The summed E-state index contributed by atoms with van der Waals surface area (Å²) in [5.74, 6) is 1.75. The van der Waals surface area contributed by atoms with Crippen LogP contribution in [0.2, 0.25) is 0 Å². The van der Waals surface area contributed by atoms with Crippen molar-refractivity contribution in [3.8, 4) is 78.9 Å². The zero-order chi connectivity index (χ0) is 45.0. The lowest BCUT2D eigenvalue weighted by atomic mass is 9.92. The van der Waals surface area contributed by atoms with E-state index in [9.17, 15) is 0 Å². The highest BCUT2D eigenvalue weighted by atomic mass is 15.2. The van der Waals surface area contributed by atoms with Gasteiger partial charge in [-0.1, -0.05) is 218 Å². The summed E-state index contributed by atoms with van der Waals surface area (Å²) in [6.45, 7) is 0. The molecule has 13 aromatic rings. The number of rotatable bonds is 8. The second kappa shape index (κ2) is 16.4. The number of benzene rings is 10. The van der Waals surface area contributed by atoms with Crippen molar-refractivity contribution in [1.29, 1.82) is 0 Å². The Hall–Kier alpha value is -9.19.